The minimum atomic E-state index is -2.48. The molecule has 0 amide bonds. The fourth-order valence-electron chi connectivity index (χ4n) is 1.46. The van der Waals surface area contributed by atoms with Crippen LogP contribution in [0.3, 0.4) is 0 Å². The highest BCUT2D eigenvalue weighted by Gasteiger charge is 2.41. The van der Waals surface area contributed by atoms with Gasteiger partial charge in [-0.3, -0.25) is 0 Å². The average molecular weight is 249 g/mol. The van der Waals surface area contributed by atoms with Gasteiger partial charge in [0.05, 0.1) is 0 Å². The maximum Gasteiger partial charge on any atom is 0.501 e. The molecule has 2 N–H and O–H groups in total. The molecule has 0 rings (SSSR count). The minimum absolute atomic E-state index is 0.183. The highest BCUT2D eigenvalue weighted by atomic mass is 28.4. The molecule has 0 fully saturated rings. The molecule has 0 aromatic rings. The third-order valence-corrected chi connectivity index (χ3v) is 5.56. The van der Waals surface area contributed by atoms with E-state index >= 15 is 0 Å². The SMILES string of the molecule is CCO[Si](CCCN)(OCC)OC(C)CC. The molecular weight excluding hydrogens is 222 g/mol. The summed E-state index contributed by atoms with van der Waals surface area (Å²) in [6.45, 7) is 10.0. The molecule has 0 aliphatic heterocycles. The smallest absolute Gasteiger partial charge is 0.374 e. The molecule has 0 aromatic heterocycles. The predicted molar refractivity (Wildman–Crippen MR) is 68.3 cm³/mol. The van der Waals surface area contributed by atoms with E-state index in [2.05, 4.69) is 13.8 Å². The molecule has 98 valence electrons. The van der Waals surface area contributed by atoms with E-state index in [1.54, 1.807) is 0 Å². The van der Waals surface area contributed by atoms with Gasteiger partial charge in [0.15, 0.2) is 0 Å². The average Bonchev–Trinajstić information content (AvgIpc) is 2.27. The van der Waals surface area contributed by atoms with Crippen LogP contribution >= 0.6 is 0 Å². The van der Waals surface area contributed by atoms with Crippen molar-refractivity contribution in [3.05, 3.63) is 0 Å². The molecule has 0 aromatic carbocycles. The van der Waals surface area contributed by atoms with E-state index in [1.165, 1.54) is 0 Å². The Kier molecular flexibility index (Phi) is 9.16. The second-order valence-corrected chi connectivity index (χ2v) is 6.46. The van der Waals surface area contributed by atoms with E-state index in [9.17, 15) is 0 Å². The van der Waals surface area contributed by atoms with Crippen LogP contribution in [0.2, 0.25) is 6.04 Å². The van der Waals surface area contributed by atoms with E-state index in [0.29, 0.717) is 19.8 Å². The zero-order valence-corrected chi connectivity index (χ0v) is 12.1. The molecule has 1 unspecified atom stereocenters. The summed E-state index contributed by atoms with van der Waals surface area (Å²) in [5, 5.41) is 0. The van der Waals surface area contributed by atoms with Crippen LogP contribution in [-0.2, 0) is 13.3 Å². The van der Waals surface area contributed by atoms with Gasteiger partial charge >= 0.3 is 8.80 Å². The van der Waals surface area contributed by atoms with Crippen molar-refractivity contribution in [2.24, 2.45) is 5.73 Å². The summed E-state index contributed by atoms with van der Waals surface area (Å²) in [5.74, 6) is 0. The van der Waals surface area contributed by atoms with E-state index in [4.69, 9.17) is 19.0 Å². The van der Waals surface area contributed by atoms with Crippen LogP contribution in [-0.4, -0.2) is 34.7 Å². The zero-order chi connectivity index (χ0) is 12.4. The lowest BCUT2D eigenvalue weighted by molar-refractivity contribution is 0.0369. The van der Waals surface area contributed by atoms with Crippen molar-refractivity contribution in [1.29, 1.82) is 0 Å². The third kappa shape index (κ3) is 5.96. The first-order valence-electron chi connectivity index (χ1n) is 6.29. The Bertz CT molecular complexity index is 163. The van der Waals surface area contributed by atoms with Crippen molar-refractivity contribution in [3.63, 3.8) is 0 Å². The van der Waals surface area contributed by atoms with E-state index in [-0.39, 0.29) is 6.10 Å². The Balaban J connectivity index is 4.48. The molecule has 0 aliphatic carbocycles. The molecule has 0 saturated heterocycles. The van der Waals surface area contributed by atoms with Gasteiger partial charge in [-0.1, -0.05) is 6.92 Å². The molecular formula is C11H27NO3Si. The summed E-state index contributed by atoms with van der Waals surface area (Å²) in [4.78, 5) is 0. The second-order valence-electron chi connectivity index (χ2n) is 3.78. The lowest BCUT2D eigenvalue weighted by atomic mass is 10.3. The molecule has 4 nitrogen and oxygen atoms in total. The topological polar surface area (TPSA) is 53.7 Å². The Morgan fingerprint density at radius 1 is 1.12 bits per heavy atom. The predicted octanol–water partition coefficient (Wildman–Crippen LogP) is 2.16. The quantitative estimate of drug-likeness (QED) is 0.603. The Labute approximate surface area is 101 Å². The maximum atomic E-state index is 6.01. The first-order valence-corrected chi connectivity index (χ1v) is 8.23. The van der Waals surface area contributed by atoms with Crippen LogP contribution < -0.4 is 5.73 Å². The molecule has 0 heterocycles. The van der Waals surface area contributed by atoms with Gasteiger partial charge in [0, 0.05) is 25.4 Å². The monoisotopic (exact) mass is 249 g/mol. The number of nitrogens with two attached hydrogens (primary N) is 1. The van der Waals surface area contributed by atoms with Crippen molar-refractivity contribution < 1.29 is 13.3 Å². The highest BCUT2D eigenvalue weighted by molar-refractivity contribution is 6.60. The summed E-state index contributed by atoms with van der Waals surface area (Å²) >= 11 is 0. The Morgan fingerprint density at radius 2 is 1.69 bits per heavy atom. The minimum Gasteiger partial charge on any atom is -0.374 e. The van der Waals surface area contributed by atoms with Crippen LogP contribution in [0, 0.1) is 0 Å². The van der Waals surface area contributed by atoms with Gasteiger partial charge in [0.25, 0.3) is 0 Å². The Hall–Kier alpha value is 0.0569. The van der Waals surface area contributed by atoms with Gasteiger partial charge in [-0.2, -0.15) is 0 Å². The maximum absolute atomic E-state index is 6.01. The Morgan fingerprint density at radius 3 is 2.06 bits per heavy atom. The third-order valence-electron chi connectivity index (χ3n) is 2.37. The summed E-state index contributed by atoms with van der Waals surface area (Å²) in [6, 6.07) is 0.815. The van der Waals surface area contributed by atoms with Gasteiger partial charge in [-0.15, -0.1) is 0 Å². The van der Waals surface area contributed by atoms with E-state index < -0.39 is 8.80 Å². The molecule has 0 radical (unpaired) electrons. The second kappa shape index (κ2) is 9.12. The molecule has 16 heavy (non-hydrogen) atoms. The fraction of sp³-hybridized carbons (Fsp3) is 1.00. The van der Waals surface area contributed by atoms with Crippen molar-refractivity contribution in [2.45, 2.75) is 52.7 Å². The normalized spacial score (nSPS) is 14.1. The zero-order valence-electron chi connectivity index (χ0n) is 11.1. The van der Waals surface area contributed by atoms with Gasteiger partial charge < -0.3 is 19.0 Å². The van der Waals surface area contributed by atoms with Gasteiger partial charge in [0.1, 0.15) is 0 Å². The number of hydrogen-bond acceptors (Lipinski definition) is 4. The fourth-order valence-corrected chi connectivity index (χ4v) is 4.38. The first-order chi connectivity index (χ1) is 7.64. The van der Waals surface area contributed by atoms with Crippen molar-refractivity contribution in [3.8, 4) is 0 Å². The van der Waals surface area contributed by atoms with Crippen LogP contribution in [0.1, 0.15) is 40.5 Å². The number of hydrogen-bond donors (Lipinski definition) is 1. The van der Waals surface area contributed by atoms with Crippen LogP contribution in [0.4, 0.5) is 0 Å². The molecule has 0 aliphatic rings. The van der Waals surface area contributed by atoms with Gasteiger partial charge in [-0.25, -0.2) is 0 Å². The number of rotatable bonds is 10. The molecule has 0 saturated carbocycles. The largest absolute Gasteiger partial charge is 0.501 e. The van der Waals surface area contributed by atoms with Crippen molar-refractivity contribution in [1.82, 2.24) is 0 Å². The van der Waals surface area contributed by atoms with Gasteiger partial charge in [0.2, 0.25) is 0 Å². The van der Waals surface area contributed by atoms with Crippen LogP contribution in [0.15, 0.2) is 0 Å². The summed E-state index contributed by atoms with van der Waals surface area (Å²) in [7, 11) is -2.48. The molecule has 0 bridgehead atoms. The van der Waals surface area contributed by atoms with Crippen molar-refractivity contribution >= 4 is 8.80 Å². The van der Waals surface area contributed by atoms with Crippen LogP contribution in [0.5, 0.6) is 0 Å². The van der Waals surface area contributed by atoms with E-state index in [1.807, 2.05) is 13.8 Å². The van der Waals surface area contributed by atoms with Crippen molar-refractivity contribution in [2.75, 3.05) is 19.8 Å². The molecule has 1 atom stereocenters. The lowest BCUT2D eigenvalue weighted by Crippen LogP contribution is -2.48. The summed E-state index contributed by atoms with van der Waals surface area (Å²) < 4.78 is 17.6. The van der Waals surface area contributed by atoms with Crippen LogP contribution in [0.25, 0.3) is 0 Å². The van der Waals surface area contributed by atoms with E-state index in [0.717, 1.165) is 18.9 Å². The standard InChI is InChI=1S/C11H27NO3Si/c1-5-11(4)15-16(13-6-2,14-7-3)10-8-9-12/h11H,5-10,12H2,1-4H3. The highest BCUT2D eigenvalue weighted by Crippen LogP contribution is 2.20. The van der Waals surface area contributed by atoms with Gasteiger partial charge in [-0.05, 0) is 40.2 Å². The lowest BCUT2D eigenvalue weighted by Gasteiger charge is -2.31. The summed E-state index contributed by atoms with van der Waals surface area (Å²) in [6.07, 6.45) is 2.04. The first kappa shape index (κ1) is 16.1. The molecule has 5 heteroatoms. The summed E-state index contributed by atoms with van der Waals surface area (Å²) in [5.41, 5.74) is 5.55. The molecule has 0 spiro atoms.